The summed E-state index contributed by atoms with van der Waals surface area (Å²) in [7, 11) is 0. The smallest absolute Gasteiger partial charge is 0.252 e. The van der Waals surface area contributed by atoms with Gasteiger partial charge < -0.3 is 24.5 Å². The van der Waals surface area contributed by atoms with Gasteiger partial charge in [0.1, 0.15) is 23.8 Å². The van der Waals surface area contributed by atoms with Crippen LogP contribution in [0.1, 0.15) is 87.7 Å². The number of carbonyl (C=O) groups excluding carboxylic acids is 2. The van der Waals surface area contributed by atoms with E-state index < -0.39 is 0 Å². The SMILES string of the molecule is CCN(CC)[C@@H](C(=O)N1CCC[C@H]1c1ncc(-c2ccc(-c3ccc(-c4cnc([C@@H]5CCCN5C(=O)[C@@H]5CCCO5)[nH]4)cc3)cc2)[nH]1)c1ccccc1. The molecule has 0 radical (unpaired) electrons. The number of H-pyrrole nitrogens is 2. The Kier molecular flexibility index (Phi) is 10.2. The van der Waals surface area contributed by atoms with Gasteiger partial charge in [-0.05, 0) is 79.4 Å². The number of likely N-dealkylation sites (N-methyl/N-ethyl adjacent to an activating group) is 1. The first-order valence-corrected chi connectivity index (χ1v) is 19.3. The average Bonchev–Trinajstić information content (AvgIpc) is 4.06. The van der Waals surface area contributed by atoms with Crippen LogP contribution >= 0.6 is 0 Å². The Labute approximate surface area is 311 Å². The zero-order chi connectivity index (χ0) is 36.3. The number of benzene rings is 3. The maximum atomic E-state index is 14.2. The molecule has 0 spiro atoms. The fourth-order valence-electron chi connectivity index (χ4n) is 8.47. The predicted molar refractivity (Wildman–Crippen MR) is 205 cm³/mol. The van der Waals surface area contributed by atoms with E-state index in [9.17, 15) is 9.59 Å². The number of nitrogens with one attached hydrogen (secondary N) is 2. The van der Waals surface area contributed by atoms with Crippen LogP contribution in [0.5, 0.6) is 0 Å². The van der Waals surface area contributed by atoms with Crippen molar-refractivity contribution in [1.82, 2.24) is 34.6 Å². The van der Waals surface area contributed by atoms with Crippen LogP contribution < -0.4 is 0 Å². The van der Waals surface area contributed by atoms with Crippen molar-refractivity contribution in [2.45, 2.75) is 76.6 Å². The van der Waals surface area contributed by atoms with E-state index in [0.29, 0.717) is 6.61 Å². The van der Waals surface area contributed by atoms with Gasteiger partial charge in [0.05, 0.1) is 35.9 Å². The molecule has 3 aliphatic rings. The number of hydrogen-bond acceptors (Lipinski definition) is 6. The third-order valence-corrected chi connectivity index (χ3v) is 11.4. The number of aromatic nitrogens is 4. The van der Waals surface area contributed by atoms with Crippen LogP contribution in [0, 0.1) is 0 Å². The van der Waals surface area contributed by atoms with Crippen LogP contribution in [0.4, 0.5) is 0 Å². The highest BCUT2D eigenvalue weighted by Gasteiger charge is 2.39. The van der Waals surface area contributed by atoms with E-state index in [2.05, 4.69) is 89.4 Å². The highest BCUT2D eigenvalue weighted by atomic mass is 16.5. The summed E-state index contributed by atoms with van der Waals surface area (Å²) in [5.41, 5.74) is 7.26. The van der Waals surface area contributed by atoms with Gasteiger partial charge in [0.2, 0.25) is 5.91 Å². The molecule has 5 heterocycles. The lowest BCUT2D eigenvalue weighted by Gasteiger charge is -2.34. The largest absolute Gasteiger partial charge is 0.368 e. The first kappa shape index (κ1) is 35.0. The molecule has 4 atom stereocenters. The van der Waals surface area contributed by atoms with Gasteiger partial charge in [0, 0.05) is 19.7 Å². The van der Waals surface area contributed by atoms with Crippen LogP contribution in [0.2, 0.25) is 0 Å². The second kappa shape index (κ2) is 15.5. The summed E-state index contributed by atoms with van der Waals surface area (Å²) in [4.78, 5) is 50.1. The summed E-state index contributed by atoms with van der Waals surface area (Å²) in [6, 6.07) is 26.7. The number of hydrogen-bond donors (Lipinski definition) is 2. The van der Waals surface area contributed by atoms with Crippen molar-refractivity contribution in [2.75, 3.05) is 32.8 Å². The molecule has 0 unspecified atom stereocenters. The monoisotopic (exact) mass is 711 g/mol. The lowest BCUT2D eigenvalue weighted by Crippen LogP contribution is -2.43. The molecule has 8 rings (SSSR count). The molecule has 0 saturated carbocycles. The third kappa shape index (κ3) is 7.05. The normalized spacial score (nSPS) is 20.8. The molecule has 3 aromatic carbocycles. The summed E-state index contributed by atoms with van der Waals surface area (Å²) in [6.07, 6.45) is 8.94. The Bertz CT molecular complexity index is 2000. The van der Waals surface area contributed by atoms with E-state index in [1.165, 1.54) is 0 Å². The van der Waals surface area contributed by atoms with E-state index in [1.807, 2.05) is 40.4 Å². The fraction of sp³-hybridized carbons (Fsp3) is 0.395. The maximum Gasteiger partial charge on any atom is 0.252 e. The molecule has 10 heteroatoms. The second-order valence-corrected chi connectivity index (χ2v) is 14.4. The number of rotatable bonds is 11. The summed E-state index contributed by atoms with van der Waals surface area (Å²) >= 11 is 0. The zero-order valence-corrected chi connectivity index (χ0v) is 30.7. The van der Waals surface area contributed by atoms with E-state index in [-0.39, 0.29) is 36.0 Å². The Morgan fingerprint density at radius 2 is 1.25 bits per heavy atom. The summed E-state index contributed by atoms with van der Waals surface area (Å²) < 4.78 is 5.68. The zero-order valence-electron chi connectivity index (χ0n) is 30.7. The standard InChI is InChI=1S/C43H49N7O3/c1-3-48(4-2)39(33-11-6-5-7-12-33)43(52)50-25-9-14-37(50)41-45-28-35(47-41)32-22-18-30(19-23-32)29-16-20-31(21-17-29)34-27-44-40(46-34)36-13-8-24-49(36)42(51)38-15-10-26-53-38/h5-7,11-12,16-23,27-28,36-39H,3-4,8-10,13-15,24-26H2,1-2H3,(H,44,46)(H,45,47)/t36-,37-,38-,39+/m0/s1. The average molecular weight is 712 g/mol. The molecule has 0 bridgehead atoms. The third-order valence-electron chi connectivity index (χ3n) is 11.4. The van der Waals surface area contributed by atoms with Crippen LogP contribution in [0.3, 0.4) is 0 Å². The minimum atomic E-state index is -0.309. The molecule has 2 aromatic heterocycles. The van der Waals surface area contributed by atoms with E-state index in [4.69, 9.17) is 14.7 Å². The van der Waals surface area contributed by atoms with Gasteiger partial charge in [0.25, 0.3) is 5.91 Å². The van der Waals surface area contributed by atoms with Crippen molar-refractivity contribution >= 4 is 11.8 Å². The first-order chi connectivity index (χ1) is 26.0. The van der Waals surface area contributed by atoms with Crippen molar-refractivity contribution in [3.05, 3.63) is 108 Å². The molecule has 3 fully saturated rings. The molecular weight excluding hydrogens is 663 g/mol. The first-order valence-electron chi connectivity index (χ1n) is 19.3. The van der Waals surface area contributed by atoms with Crippen molar-refractivity contribution in [3.8, 4) is 33.6 Å². The van der Waals surface area contributed by atoms with E-state index in [1.54, 1.807) is 0 Å². The van der Waals surface area contributed by atoms with E-state index >= 15 is 0 Å². The summed E-state index contributed by atoms with van der Waals surface area (Å²) in [5, 5.41) is 0. The molecule has 53 heavy (non-hydrogen) atoms. The molecule has 3 saturated heterocycles. The molecule has 3 aliphatic heterocycles. The number of aromatic amines is 2. The molecule has 2 amide bonds. The number of likely N-dealkylation sites (tertiary alicyclic amines) is 2. The minimum absolute atomic E-state index is 0.0340. The van der Waals surface area contributed by atoms with Gasteiger partial charge in [-0.15, -0.1) is 0 Å². The van der Waals surface area contributed by atoms with Gasteiger partial charge in [0.15, 0.2) is 0 Å². The van der Waals surface area contributed by atoms with Crippen molar-refractivity contribution in [3.63, 3.8) is 0 Å². The number of nitrogens with zero attached hydrogens (tertiary/aromatic N) is 5. The van der Waals surface area contributed by atoms with Crippen molar-refractivity contribution in [1.29, 1.82) is 0 Å². The summed E-state index contributed by atoms with van der Waals surface area (Å²) in [5.74, 6) is 1.93. The van der Waals surface area contributed by atoms with Gasteiger partial charge in [-0.1, -0.05) is 92.7 Å². The molecule has 5 aromatic rings. The summed E-state index contributed by atoms with van der Waals surface area (Å²) in [6.45, 7) is 7.99. The van der Waals surface area contributed by atoms with Crippen LogP contribution in [0.15, 0.2) is 91.3 Å². The Balaban J connectivity index is 0.934. The Morgan fingerprint density at radius 3 is 1.77 bits per heavy atom. The van der Waals surface area contributed by atoms with E-state index in [0.717, 1.165) is 116 Å². The predicted octanol–water partition coefficient (Wildman–Crippen LogP) is 7.72. The van der Waals surface area contributed by atoms with Gasteiger partial charge in [-0.2, -0.15) is 0 Å². The van der Waals surface area contributed by atoms with Crippen LogP contribution in [-0.2, 0) is 14.3 Å². The lowest BCUT2D eigenvalue weighted by atomic mass is 10.0. The van der Waals surface area contributed by atoms with Gasteiger partial charge in [-0.3, -0.25) is 14.5 Å². The quantitative estimate of drug-likeness (QED) is 0.145. The Hall–Kier alpha value is -5.06. The molecule has 2 N–H and O–H groups in total. The van der Waals surface area contributed by atoms with Crippen LogP contribution in [0.25, 0.3) is 33.6 Å². The van der Waals surface area contributed by atoms with Crippen molar-refractivity contribution < 1.29 is 14.3 Å². The Morgan fingerprint density at radius 1 is 0.717 bits per heavy atom. The van der Waals surface area contributed by atoms with Gasteiger partial charge >= 0.3 is 0 Å². The molecule has 274 valence electrons. The number of imidazole rings is 2. The highest BCUT2D eigenvalue weighted by Crippen LogP contribution is 2.37. The molecule has 10 nitrogen and oxygen atoms in total. The maximum absolute atomic E-state index is 14.2. The van der Waals surface area contributed by atoms with Crippen molar-refractivity contribution in [2.24, 2.45) is 0 Å². The minimum Gasteiger partial charge on any atom is -0.368 e. The second-order valence-electron chi connectivity index (χ2n) is 14.4. The molecular formula is C43H49N7O3. The van der Waals surface area contributed by atoms with Crippen LogP contribution in [-0.4, -0.2) is 85.3 Å². The highest BCUT2D eigenvalue weighted by molar-refractivity contribution is 5.84. The number of ether oxygens (including phenoxy) is 1. The lowest BCUT2D eigenvalue weighted by molar-refractivity contribution is -0.142. The topological polar surface area (TPSA) is 110 Å². The number of carbonyl (C=O) groups is 2. The van der Waals surface area contributed by atoms with Gasteiger partial charge in [-0.25, -0.2) is 9.97 Å². The number of amides is 2. The molecule has 0 aliphatic carbocycles. The fourth-order valence-corrected chi connectivity index (χ4v) is 8.47.